The van der Waals surface area contributed by atoms with E-state index in [1.54, 1.807) is 0 Å². The molecular weight excluding hydrogens is 745 g/mol. The predicted molar refractivity (Wildman–Crippen MR) is 256 cm³/mol. The first-order valence-electron chi connectivity index (χ1n) is 26.7. The van der Waals surface area contributed by atoms with Gasteiger partial charge in [-0.2, -0.15) is 0 Å². The molecule has 0 saturated heterocycles. The molecule has 0 aromatic rings. The summed E-state index contributed by atoms with van der Waals surface area (Å²) < 4.78 is 16.8. The molecule has 0 bridgehead atoms. The Kier molecular flexibility index (Phi) is 48.3. The number of unbranched alkanes of at least 4 members (excludes halogenated alkanes) is 36. The van der Waals surface area contributed by atoms with Gasteiger partial charge in [0.1, 0.15) is 13.2 Å². The second-order valence-electron chi connectivity index (χ2n) is 18.2. The number of hydrogen-bond donors (Lipinski definition) is 0. The summed E-state index contributed by atoms with van der Waals surface area (Å²) in [7, 11) is 0. The first-order chi connectivity index (χ1) is 29.5. The molecule has 0 heterocycles. The highest BCUT2D eigenvalue weighted by molar-refractivity contribution is 5.71. The number of esters is 3. The molecule has 0 radical (unpaired) electrons. The van der Waals surface area contributed by atoms with Crippen molar-refractivity contribution in [3.8, 4) is 0 Å². The third-order valence-electron chi connectivity index (χ3n) is 12.0. The highest BCUT2D eigenvalue weighted by Crippen LogP contribution is 2.16. The van der Waals surface area contributed by atoms with Gasteiger partial charge in [0.15, 0.2) is 6.10 Å². The Bertz CT molecular complexity index is 931. The summed E-state index contributed by atoms with van der Waals surface area (Å²) in [4.78, 5) is 37.9. The average molecular weight is 847 g/mol. The van der Waals surface area contributed by atoms with Crippen LogP contribution in [0.15, 0.2) is 12.2 Å². The number of hydrogen-bond acceptors (Lipinski definition) is 6. The van der Waals surface area contributed by atoms with Crippen molar-refractivity contribution in [3.63, 3.8) is 0 Å². The Labute approximate surface area is 373 Å². The molecule has 0 aromatic carbocycles. The van der Waals surface area contributed by atoms with Gasteiger partial charge < -0.3 is 14.2 Å². The van der Waals surface area contributed by atoms with Crippen LogP contribution in [0.25, 0.3) is 0 Å². The number of carbonyl (C=O) groups is 3. The summed E-state index contributed by atoms with van der Waals surface area (Å²) in [6.45, 7) is 6.64. The van der Waals surface area contributed by atoms with Crippen LogP contribution in [0.5, 0.6) is 0 Å². The summed E-state index contributed by atoms with van der Waals surface area (Å²) in [5.74, 6) is -0.854. The van der Waals surface area contributed by atoms with Gasteiger partial charge in [-0.05, 0) is 44.9 Å². The molecule has 354 valence electrons. The number of rotatable bonds is 49. The largest absolute Gasteiger partial charge is 0.462 e. The third kappa shape index (κ3) is 47.2. The molecule has 0 spiro atoms. The van der Waals surface area contributed by atoms with Gasteiger partial charge in [0.2, 0.25) is 0 Å². The fraction of sp³-hybridized carbons (Fsp3) is 0.907. The van der Waals surface area contributed by atoms with E-state index in [4.69, 9.17) is 14.2 Å². The molecule has 1 unspecified atom stereocenters. The maximum atomic E-state index is 12.8. The molecule has 6 heteroatoms. The Balaban J connectivity index is 4.22. The topological polar surface area (TPSA) is 78.9 Å². The molecular formula is C54H102O6. The van der Waals surface area contributed by atoms with Crippen molar-refractivity contribution in [1.82, 2.24) is 0 Å². The number of ether oxygens (including phenoxy) is 3. The van der Waals surface area contributed by atoms with E-state index in [1.165, 1.54) is 199 Å². The zero-order valence-corrected chi connectivity index (χ0v) is 40.5. The van der Waals surface area contributed by atoms with Crippen LogP contribution in [0.3, 0.4) is 0 Å². The van der Waals surface area contributed by atoms with Crippen molar-refractivity contribution in [3.05, 3.63) is 12.2 Å². The Hall–Kier alpha value is -1.85. The van der Waals surface area contributed by atoms with Crippen LogP contribution < -0.4 is 0 Å². The summed E-state index contributed by atoms with van der Waals surface area (Å²) in [5.41, 5.74) is 0. The normalized spacial score (nSPS) is 12.0. The van der Waals surface area contributed by atoms with E-state index in [0.29, 0.717) is 19.3 Å². The third-order valence-corrected chi connectivity index (χ3v) is 12.0. The van der Waals surface area contributed by atoms with E-state index >= 15 is 0 Å². The lowest BCUT2D eigenvalue weighted by atomic mass is 10.0. The molecule has 0 rings (SSSR count). The summed E-state index contributed by atoms with van der Waals surface area (Å²) in [6, 6.07) is 0. The molecule has 0 aliphatic rings. The van der Waals surface area contributed by atoms with Gasteiger partial charge in [-0.25, -0.2) is 0 Å². The standard InChI is InChI=1S/C54H102O6/c1-4-7-10-13-16-19-21-23-25-26-27-28-30-31-33-35-38-41-44-47-53(56)59-50-51(49-58-52(55)46-43-40-37-18-15-12-9-6-3)60-54(57)48-45-42-39-36-34-32-29-24-22-20-17-14-11-8-5-2/h23,25,51H,4-22,24,26-50H2,1-3H3/b25-23-. The van der Waals surface area contributed by atoms with Crippen LogP contribution in [0.2, 0.25) is 0 Å². The quantitative estimate of drug-likeness (QED) is 0.0263. The monoisotopic (exact) mass is 847 g/mol. The zero-order chi connectivity index (χ0) is 43.7. The van der Waals surface area contributed by atoms with Gasteiger partial charge in [0.25, 0.3) is 0 Å². The van der Waals surface area contributed by atoms with Crippen molar-refractivity contribution >= 4 is 17.9 Å². The maximum Gasteiger partial charge on any atom is 0.306 e. The minimum Gasteiger partial charge on any atom is -0.462 e. The molecule has 60 heavy (non-hydrogen) atoms. The highest BCUT2D eigenvalue weighted by Gasteiger charge is 2.19. The number of carbonyl (C=O) groups excluding carboxylic acids is 3. The van der Waals surface area contributed by atoms with Crippen LogP contribution in [-0.2, 0) is 28.6 Å². The SMILES string of the molecule is CCCCCCCC/C=C\CCCCCCCCCCCC(=O)OCC(COC(=O)CCCCCCCCCC)OC(=O)CCCCCCCCCCCCCCCCC. The fourth-order valence-corrected chi connectivity index (χ4v) is 7.97. The summed E-state index contributed by atoms with van der Waals surface area (Å²) >= 11 is 0. The van der Waals surface area contributed by atoms with Crippen molar-refractivity contribution in [2.24, 2.45) is 0 Å². The fourth-order valence-electron chi connectivity index (χ4n) is 7.97. The average Bonchev–Trinajstić information content (AvgIpc) is 3.24. The molecule has 0 fully saturated rings. The minimum absolute atomic E-state index is 0.0658. The molecule has 0 N–H and O–H groups in total. The molecule has 0 aromatic heterocycles. The molecule has 6 nitrogen and oxygen atoms in total. The second-order valence-corrected chi connectivity index (χ2v) is 18.2. The lowest BCUT2D eigenvalue weighted by molar-refractivity contribution is -0.167. The van der Waals surface area contributed by atoms with Crippen LogP contribution >= 0.6 is 0 Å². The van der Waals surface area contributed by atoms with Gasteiger partial charge in [-0.3, -0.25) is 14.4 Å². The molecule has 0 saturated carbocycles. The van der Waals surface area contributed by atoms with E-state index in [-0.39, 0.29) is 31.1 Å². The van der Waals surface area contributed by atoms with Crippen molar-refractivity contribution < 1.29 is 28.6 Å². The molecule has 0 amide bonds. The van der Waals surface area contributed by atoms with Gasteiger partial charge in [-0.1, -0.05) is 245 Å². The van der Waals surface area contributed by atoms with E-state index < -0.39 is 6.10 Å². The predicted octanol–water partition coefficient (Wildman–Crippen LogP) is 17.4. The number of allylic oxidation sites excluding steroid dienone is 2. The Morgan fingerprint density at radius 3 is 0.833 bits per heavy atom. The van der Waals surface area contributed by atoms with Crippen LogP contribution in [0.1, 0.15) is 297 Å². The Morgan fingerprint density at radius 2 is 0.550 bits per heavy atom. The zero-order valence-electron chi connectivity index (χ0n) is 40.5. The van der Waals surface area contributed by atoms with Gasteiger partial charge in [-0.15, -0.1) is 0 Å². The molecule has 0 aliphatic carbocycles. The summed E-state index contributed by atoms with van der Waals surface area (Å²) in [6.07, 6.45) is 54.9. The minimum atomic E-state index is -0.763. The lowest BCUT2D eigenvalue weighted by Gasteiger charge is -2.18. The van der Waals surface area contributed by atoms with E-state index in [1.807, 2.05) is 0 Å². The van der Waals surface area contributed by atoms with E-state index in [9.17, 15) is 14.4 Å². The first kappa shape index (κ1) is 58.1. The van der Waals surface area contributed by atoms with E-state index in [2.05, 4.69) is 32.9 Å². The smallest absolute Gasteiger partial charge is 0.306 e. The van der Waals surface area contributed by atoms with E-state index in [0.717, 1.165) is 57.8 Å². The lowest BCUT2D eigenvalue weighted by Crippen LogP contribution is -2.30. The van der Waals surface area contributed by atoms with Crippen LogP contribution in [0, 0.1) is 0 Å². The van der Waals surface area contributed by atoms with Gasteiger partial charge in [0.05, 0.1) is 0 Å². The van der Waals surface area contributed by atoms with Gasteiger partial charge >= 0.3 is 17.9 Å². The molecule has 0 aliphatic heterocycles. The van der Waals surface area contributed by atoms with Crippen LogP contribution in [0.4, 0.5) is 0 Å². The van der Waals surface area contributed by atoms with Crippen molar-refractivity contribution in [1.29, 1.82) is 0 Å². The highest BCUT2D eigenvalue weighted by atomic mass is 16.6. The van der Waals surface area contributed by atoms with Crippen molar-refractivity contribution in [2.75, 3.05) is 13.2 Å². The second kappa shape index (κ2) is 49.8. The van der Waals surface area contributed by atoms with Crippen LogP contribution in [-0.4, -0.2) is 37.2 Å². The maximum absolute atomic E-state index is 12.8. The Morgan fingerprint density at radius 1 is 0.317 bits per heavy atom. The summed E-state index contributed by atoms with van der Waals surface area (Å²) in [5, 5.41) is 0. The first-order valence-corrected chi connectivity index (χ1v) is 26.7. The van der Waals surface area contributed by atoms with Gasteiger partial charge in [0, 0.05) is 19.3 Å². The molecule has 1 atom stereocenters. The van der Waals surface area contributed by atoms with Crippen molar-refractivity contribution in [2.45, 2.75) is 303 Å².